The third kappa shape index (κ3) is 3.42. The second-order valence-corrected chi connectivity index (χ2v) is 6.24. The lowest BCUT2D eigenvalue weighted by atomic mass is 10.2. The SMILES string of the molecule is CCCCn1nnnc1[C@@H]1CC[C@@H](CO)N1Cc1cnn(C)c1. The number of likely N-dealkylation sites (tertiary alicyclic amines) is 1. The number of unbranched alkanes of at least 4 members (excludes halogenated alkanes) is 1. The van der Waals surface area contributed by atoms with Crippen LogP contribution in [-0.2, 0) is 20.1 Å². The second kappa shape index (κ2) is 7.18. The lowest BCUT2D eigenvalue weighted by molar-refractivity contribution is 0.117. The summed E-state index contributed by atoms with van der Waals surface area (Å²) >= 11 is 0. The van der Waals surface area contributed by atoms with Crippen molar-refractivity contribution >= 4 is 0 Å². The van der Waals surface area contributed by atoms with Gasteiger partial charge < -0.3 is 5.11 Å². The summed E-state index contributed by atoms with van der Waals surface area (Å²) in [6, 6.07) is 0.302. The van der Waals surface area contributed by atoms with E-state index in [1.54, 1.807) is 4.68 Å². The van der Waals surface area contributed by atoms with Crippen LogP contribution in [0.3, 0.4) is 0 Å². The van der Waals surface area contributed by atoms with E-state index in [1.165, 1.54) is 0 Å². The summed E-state index contributed by atoms with van der Waals surface area (Å²) in [5, 5.41) is 26.3. The van der Waals surface area contributed by atoms with Gasteiger partial charge in [0.15, 0.2) is 5.82 Å². The van der Waals surface area contributed by atoms with Crippen molar-refractivity contribution in [3.05, 3.63) is 23.8 Å². The smallest absolute Gasteiger partial charge is 0.168 e. The van der Waals surface area contributed by atoms with Crippen LogP contribution in [0, 0.1) is 0 Å². The van der Waals surface area contributed by atoms with Crippen LogP contribution in [0.15, 0.2) is 12.4 Å². The van der Waals surface area contributed by atoms with Crippen molar-refractivity contribution in [3.63, 3.8) is 0 Å². The van der Waals surface area contributed by atoms with Crippen LogP contribution in [-0.4, -0.2) is 52.6 Å². The molecule has 0 aliphatic carbocycles. The number of nitrogens with zero attached hydrogens (tertiary/aromatic N) is 7. The van der Waals surface area contributed by atoms with E-state index in [-0.39, 0.29) is 18.7 Å². The molecule has 23 heavy (non-hydrogen) atoms. The van der Waals surface area contributed by atoms with Crippen LogP contribution in [0.4, 0.5) is 0 Å². The molecule has 1 aliphatic heterocycles. The maximum absolute atomic E-state index is 9.72. The predicted molar refractivity (Wildman–Crippen MR) is 84.3 cm³/mol. The van der Waals surface area contributed by atoms with E-state index in [0.29, 0.717) is 0 Å². The quantitative estimate of drug-likeness (QED) is 0.816. The topological polar surface area (TPSA) is 84.9 Å². The van der Waals surface area contributed by atoms with Crippen molar-refractivity contribution in [2.24, 2.45) is 7.05 Å². The molecule has 0 spiro atoms. The molecule has 1 N–H and O–H groups in total. The Kier molecular flexibility index (Phi) is 5.02. The zero-order valence-electron chi connectivity index (χ0n) is 13.8. The fourth-order valence-corrected chi connectivity index (χ4v) is 3.33. The van der Waals surface area contributed by atoms with Gasteiger partial charge in [-0.2, -0.15) is 5.10 Å². The largest absolute Gasteiger partial charge is 0.395 e. The van der Waals surface area contributed by atoms with Gasteiger partial charge in [-0.3, -0.25) is 9.58 Å². The Bertz CT molecular complexity index is 623. The molecular formula is C15H25N7O. The van der Waals surface area contributed by atoms with Gasteiger partial charge in [0.25, 0.3) is 0 Å². The molecule has 0 unspecified atom stereocenters. The highest BCUT2D eigenvalue weighted by Crippen LogP contribution is 2.36. The van der Waals surface area contributed by atoms with Crippen molar-refractivity contribution in [2.45, 2.75) is 57.8 Å². The van der Waals surface area contributed by atoms with Crippen LogP contribution in [0.5, 0.6) is 0 Å². The number of tetrazole rings is 1. The Morgan fingerprint density at radius 3 is 2.91 bits per heavy atom. The fraction of sp³-hybridized carbons (Fsp3) is 0.733. The van der Waals surface area contributed by atoms with E-state index < -0.39 is 0 Å². The summed E-state index contributed by atoms with van der Waals surface area (Å²) in [7, 11) is 1.92. The molecule has 1 fully saturated rings. The number of aryl methyl sites for hydroxylation is 2. The Balaban J connectivity index is 1.80. The van der Waals surface area contributed by atoms with Gasteiger partial charge in [-0.1, -0.05) is 13.3 Å². The van der Waals surface area contributed by atoms with Crippen LogP contribution in [0.2, 0.25) is 0 Å². The Morgan fingerprint density at radius 1 is 1.35 bits per heavy atom. The Hall–Kier alpha value is -1.80. The van der Waals surface area contributed by atoms with Gasteiger partial charge in [-0.05, 0) is 29.7 Å². The molecule has 3 heterocycles. The summed E-state index contributed by atoms with van der Waals surface area (Å²) in [6.07, 6.45) is 8.01. The minimum atomic E-state index is 0.150. The lowest BCUT2D eigenvalue weighted by Gasteiger charge is -2.28. The van der Waals surface area contributed by atoms with Crippen molar-refractivity contribution in [1.29, 1.82) is 0 Å². The minimum absolute atomic E-state index is 0.150. The summed E-state index contributed by atoms with van der Waals surface area (Å²) in [5.74, 6) is 0.915. The summed E-state index contributed by atoms with van der Waals surface area (Å²) in [6.45, 7) is 3.92. The van der Waals surface area contributed by atoms with Gasteiger partial charge in [0.05, 0.1) is 18.8 Å². The van der Waals surface area contributed by atoms with Gasteiger partial charge in [0.1, 0.15) is 0 Å². The van der Waals surface area contributed by atoms with Crippen molar-refractivity contribution < 1.29 is 5.11 Å². The molecule has 0 bridgehead atoms. The normalized spacial score (nSPS) is 22.0. The van der Waals surface area contributed by atoms with E-state index in [4.69, 9.17) is 0 Å². The molecule has 3 rings (SSSR count). The van der Waals surface area contributed by atoms with E-state index in [1.807, 2.05) is 24.1 Å². The van der Waals surface area contributed by atoms with Gasteiger partial charge in [0.2, 0.25) is 0 Å². The molecular weight excluding hydrogens is 294 g/mol. The molecule has 1 saturated heterocycles. The molecule has 0 aromatic carbocycles. The van der Waals surface area contributed by atoms with Gasteiger partial charge >= 0.3 is 0 Å². The standard InChI is InChI=1S/C15H25N7O/c1-3-4-7-22-15(17-18-19-22)14-6-5-13(11-23)21(14)10-12-8-16-20(2)9-12/h8-9,13-14,23H,3-7,10-11H2,1-2H3/t13-,14-/m0/s1. The highest BCUT2D eigenvalue weighted by molar-refractivity contribution is 5.08. The maximum Gasteiger partial charge on any atom is 0.168 e. The Labute approximate surface area is 136 Å². The molecule has 1 aliphatic rings. The number of hydrogen-bond donors (Lipinski definition) is 1. The first kappa shape index (κ1) is 16.1. The van der Waals surface area contributed by atoms with Crippen molar-refractivity contribution in [1.82, 2.24) is 34.9 Å². The molecule has 2 aromatic heterocycles. The monoisotopic (exact) mass is 319 g/mol. The molecule has 0 saturated carbocycles. The molecule has 2 atom stereocenters. The highest BCUT2D eigenvalue weighted by Gasteiger charge is 2.37. The lowest BCUT2D eigenvalue weighted by Crippen LogP contribution is -2.34. The molecule has 2 aromatic rings. The molecule has 8 heteroatoms. The minimum Gasteiger partial charge on any atom is -0.395 e. The first-order valence-electron chi connectivity index (χ1n) is 8.33. The maximum atomic E-state index is 9.72. The second-order valence-electron chi connectivity index (χ2n) is 6.24. The van der Waals surface area contributed by atoms with Gasteiger partial charge in [-0.15, -0.1) is 5.10 Å². The van der Waals surface area contributed by atoms with E-state index in [0.717, 1.165) is 50.2 Å². The average Bonchev–Trinajstić information content (AvgIpc) is 3.25. The molecule has 126 valence electrons. The number of aliphatic hydroxyl groups is 1. The number of aliphatic hydroxyl groups excluding tert-OH is 1. The van der Waals surface area contributed by atoms with Crippen molar-refractivity contribution in [2.75, 3.05) is 6.61 Å². The summed E-state index contributed by atoms with van der Waals surface area (Å²) in [5.41, 5.74) is 1.14. The van der Waals surface area contributed by atoms with Crippen LogP contribution >= 0.6 is 0 Å². The average molecular weight is 319 g/mol. The zero-order chi connectivity index (χ0) is 16.2. The number of hydrogen-bond acceptors (Lipinski definition) is 6. The highest BCUT2D eigenvalue weighted by atomic mass is 16.3. The summed E-state index contributed by atoms with van der Waals surface area (Å²) < 4.78 is 3.73. The van der Waals surface area contributed by atoms with E-state index in [9.17, 15) is 5.11 Å². The molecule has 0 amide bonds. The molecule has 8 nitrogen and oxygen atoms in total. The zero-order valence-corrected chi connectivity index (χ0v) is 13.8. The van der Waals surface area contributed by atoms with Crippen LogP contribution in [0.25, 0.3) is 0 Å². The summed E-state index contributed by atoms with van der Waals surface area (Å²) in [4.78, 5) is 2.31. The fourth-order valence-electron chi connectivity index (χ4n) is 3.33. The number of aromatic nitrogens is 6. The van der Waals surface area contributed by atoms with Gasteiger partial charge in [-0.25, -0.2) is 4.68 Å². The van der Waals surface area contributed by atoms with E-state index >= 15 is 0 Å². The van der Waals surface area contributed by atoms with Crippen molar-refractivity contribution in [3.8, 4) is 0 Å². The van der Waals surface area contributed by atoms with Crippen LogP contribution < -0.4 is 0 Å². The predicted octanol–water partition coefficient (Wildman–Crippen LogP) is 0.905. The molecule has 0 radical (unpaired) electrons. The third-order valence-electron chi connectivity index (χ3n) is 4.56. The Morgan fingerprint density at radius 2 is 2.22 bits per heavy atom. The van der Waals surface area contributed by atoms with Gasteiger partial charge in [0, 0.05) is 37.9 Å². The first-order chi connectivity index (χ1) is 11.2. The van der Waals surface area contributed by atoms with Crippen LogP contribution in [0.1, 0.15) is 50.0 Å². The third-order valence-corrected chi connectivity index (χ3v) is 4.56. The van der Waals surface area contributed by atoms with E-state index in [2.05, 4.69) is 32.4 Å². The number of rotatable bonds is 7. The first-order valence-corrected chi connectivity index (χ1v) is 8.33.